The molecular formula is C30H25F3N2O6. The van der Waals surface area contributed by atoms with Crippen molar-refractivity contribution in [3.05, 3.63) is 107 Å². The van der Waals surface area contributed by atoms with Crippen molar-refractivity contribution in [3.63, 3.8) is 0 Å². The highest BCUT2D eigenvalue weighted by atomic mass is 19.4. The smallest absolute Gasteiger partial charge is 0.416 e. The van der Waals surface area contributed by atoms with E-state index >= 15 is 0 Å². The summed E-state index contributed by atoms with van der Waals surface area (Å²) in [5, 5.41) is 15.2. The van der Waals surface area contributed by atoms with Gasteiger partial charge in [-0.1, -0.05) is 42.5 Å². The van der Waals surface area contributed by atoms with E-state index in [1.165, 1.54) is 31.4 Å². The summed E-state index contributed by atoms with van der Waals surface area (Å²) >= 11 is 0. The molecule has 0 fully saturated rings. The number of carbonyl (C=O) groups is 3. The molecule has 1 heterocycles. The van der Waals surface area contributed by atoms with Gasteiger partial charge in [0.15, 0.2) is 6.61 Å². The molecule has 0 saturated carbocycles. The van der Waals surface area contributed by atoms with Crippen molar-refractivity contribution in [1.29, 1.82) is 0 Å². The van der Waals surface area contributed by atoms with E-state index in [1.807, 2.05) is 0 Å². The lowest BCUT2D eigenvalue weighted by Gasteiger charge is -2.23. The molecule has 0 aromatic heterocycles. The fourth-order valence-corrected chi connectivity index (χ4v) is 4.08. The zero-order valence-electron chi connectivity index (χ0n) is 21.7. The van der Waals surface area contributed by atoms with Crippen molar-refractivity contribution < 1.29 is 42.1 Å². The highest BCUT2D eigenvalue weighted by Gasteiger charge is 2.30. The van der Waals surface area contributed by atoms with Crippen LogP contribution in [-0.2, 0) is 31.7 Å². The number of amides is 2. The van der Waals surface area contributed by atoms with Crippen LogP contribution in [0.15, 0.2) is 85.0 Å². The number of esters is 1. The first-order valence-corrected chi connectivity index (χ1v) is 12.3. The summed E-state index contributed by atoms with van der Waals surface area (Å²) in [6, 6.07) is 16.1. The highest BCUT2D eigenvalue weighted by Crippen LogP contribution is 2.32. The molecule has 11 heteroatoms. The molecule has 0 aliphatic carbocycles. The van der Waals surface area contributed by atoms with Crippen LogP contribution in [-0.4, -0.2) is 42.7 Å². The van der Waals surface area contributed by atoms with Crippen LogP contribution >= 0.6 is 0 Å². The van der Waals surface area contributed by atoms with Crippen molar-refractivity contribution in [2.45, 2.75) is 18.7 Å². The first-order valence-electron chi connectivity index (χ1n) is 12.3. The summed E-state index contributed by atoms with van der Waals surface area (Å²) in [7, 11) is 1.24. The number of hydrogen-bond donors (Lipinski definition) is 3. The maximum Gasteiger partial charge on any atom is 0.416 e. The molecule has 1 unspecified atom stereocenters. The second kappa shape index (κ2) is 12.5. The predicted molar refractivity (Wildman–Crippen MR) is 145 cm³/mol. The Bertz CT molecular complexity index is 1500. The first-order chi connectivity index (χ1) is 19.5. The molecule has 3 aromatic rings. The number of benzene rings is 3. The molecule has 2 amide bonds. The number of anilines is 2. The number of carbonyl (C=O) groups excluding carboxylic acids is 3. The summed E-state index contributed by atoms with van der Waals surface area (Å²) in [5.41, 5.74) is 2.29. The van der Waals surface area contributed by atoms with E-state index in [4.69, 9.17) is 4.74 Å². The number of methoxy groups -OCH3 is 1. The lowest BCUT2D eigenvalue weighted by molar-refractivity contribution is -0.143. The molecule has 8 nitrogen and oxygen atoms in total. The fourth-order valence-electron chi connectivity index (χ4n) is 4.08. The van der Waals surface area contributed by atoms with Gasteiger partial charge in [0.2, 0.25) is 5.91 Å². The summed E-state index contributed by atoms with van der Waals surface area (Å²) in [5.74, 6) is -1.20. The molecule has 0 spiro atoms. The number of allylic oxidation sites excluding steroid dienone is 2. The Morgan fingerprint density at radius 2 is 1.71 bits per heavy atom. The lowest BCUT2D eigenvalue weighted by atomic mass is 9.96. The van der Waals surface area contributed by atoms with Gasteiger partial charge in [-0.05, 0) is 53.1 Å². The van der Waals surface area contributed by atoms with Crippen LogP contribution in [0.1, 0.15) is 22.3 Å². The standard InChI is InChI=1S/C30H25F3N2O6/c1-40-28(38)17-41-21-14-10-19(11-15-21)22(18-8-12-20(13-9-18)30(31,32)33)4-2-7-27(37)34-24-5-3-6-25-23(24)16-26(36)29(39)35-25/h2-15,26,36H,16-17H2,1H3,(H,34,37)(H,35,39). The molecule has 1 aliphatic rings. The summed E-state index contributed by atoms with van der Waals surface area (Å²) in [4.78, 5) is 35.8. The van der Waals surface area contributed by atoms with Crippen LogP contribution in [0.2, 0.25) is 0 Å². The Labute approximate surface area is 233 Å². The van der Waals surface area contributed by atoms with Crippen molar-refractivity contribution in [2.75, 3.05) is 24.4 Å². The zero-order valence-corrected chi connectivity index (χ0v) is 21.7. The van der Waals surface area contributed by atoms with Crippen LogP contribution in [0.4, 0.5) is 24.5 Å². The van der Waals surface area contributed by atoms with E-state index < -0.39 is 35.6 Å². The Kier molecular flexibility index (Phi) is 8.88. The minimum Gasteiger partial charge on any atom is -0.482 e. The summed E-state index contributed by atoms with van der Waals surface area (Å²) in [6.45, 7) is -0.286. The predicted octanol–water partition coefficient (Wildman–Crippen LogP) is 4.74. The largest absolute Gasteiger partial charge is 0.482 e. The van der Waals surface area contributed by atoms with Gasteiger partial charge in [-0.3, -0.25) is 9.59 Å². The van der Waals surface area contributed by atoms with E-state index in [2.05, 4.69) is 15.4 Å². The third kappa shape index (κ3) is 7.40. The molecule has 41 heavy (non-hydrogen) atoms. The topological polar surface area (TPSA) is 114 Å². The molecule has 0 bridgehead atoms. The quantitative estimate of drug-likeness (QED) is 0.206. The van der Waals surface area contributed by atoms with E-state index in [-0.39, 0.29) is 13.0 Å². The van der Waals surface area contributed by atoms with Gasteiger partial charge in [0.05, 0.1) is 12.7 Å². The van der Waals surface area contributed by atoms with Crippen molar-refractivity contribution >= 4 is 34.7 Å². The lowest BCUT2D eigenvalue weighted by Crippen LogP contribution is -2.34. The normalized spacial score (nSPS) is 15.2. The highest BCUT2D eigenvalue weighted by molar-refractivity contribution is 6.03. The maximum atomic E-state index is 13.1. The Balaban J connectivity index is 1.57. The van der Waals surface area contributed by atoms with Crippen molar-refractivity contribution in [1.82, 2.24) is 0 Å². The van der Waals surface area contributed by atoms with Crippen molar-refractivity contribution in [2.24, 2.45) is 0 Å². The van der Waals surface area contributed by atoms with Gasteiger partial charge in [0.1, 0.15) is 11.9 Å². The average Bonchev–Trinajstić information content (AvgIpc) is 2.95. The van der Waals surface area contributed by atoms with E-state index in [0.717, 1.165) is 12.1 Å². The second-order valence-electron chi connectivity index (χ2n) is 8.93. The molecule has 0 radical (unpaired) electrons. The van der Waals surface area contributed by atoms with E-state index in [0.29, 0.717) is 39.4 Å². The van der Waals surface area contributed by atoms with Gasteiger partial charge in [0.25, 0.3) is 5.91 Å². The van der Waals surface area contributed by atoms with E-state index in [1.54, 1.807) is 48.5 Å². The van der Waals surface area contributed by atoms with Crippen LogP contribution in [0.3, 0.4) is 0 Å². The Morgan fingerprint density at radius 3 is 2.34 bits per heavy atom. The molecule has 3 aromatic carbocycles. The Hall–Kier alpha value is -4.90. The number of fused-ring (bicyclic) bond motifs is 1. The molecule has 1 aliphatic heterocycles. The zero-order chi connectivity index (χ0) is 29.6. The maximum absolute atomic E-state index is 13.1. The van der Waals surface area contributed by atoms with Crippen LogP contribution in [0, 0.1) is 0 Å². The van der Waals surface area contributed by atoms with Gasteiger partial charge in [-0.2, -0.15) is 13.2 Å². The van der Waals surface area contributed by atoms with Crippen LogP contribution in [0.5, 0.6) is 5.75 Å². The number of ether oxygens (including phenoxy) is 2. The monoisotopic (exact) mass is 566 g/mol. The minimum absolute atomic E-state index is 0.0403. The number of rotatable bonds is 8. The minimum atomic E-state index is -4.49. The van der Waals surface area contributed by atoms with Gasteiger partial charge in [0, 0.05) is 29.4 Å². The van der Waals surface area contributed by atoms with Gasteiger partial charge >= 0.3 is 12.1 Å². The molecule has 0 saturated heterocycles. The van der Waals surface area contributed by atoms with Crippen LogP contribution in [0.25, 0.3) is 5.57 Å². The summed E-state index contributed by atoms with van der Waals surface area (Å²) in [6.07, 6.45) is -1.41. The molecule has 3 N–H and O–H groups in total. The van der Waals surface area contributed by atoms with E-state index in [9.17, 15) is 32.7 Å². The molecular weight excluding hydrogens is 541 g/mol. The molecule has 1 atom stereocenters. The number of halogens is 3. The first kappa shape index (κ1) is 29.1. The van der Waals surface area contributed by atoms with Gasteiger partial charge in [-0.25, -0.2) is 4.79 Å². The molecule has 4 rings (SSSR count). The second-order valence-corrected chi connectivity index (χ2v) is 8.93. The SMILES string of the molecule is COC(=O)COc1ccc(C(=CC=CC(=O)Nc2cccc3c2CC(O)C(=O)N3)c2ccc(C(F)(F)F)cc2)cc1. The Morgan fingerprint density at radius 1 is 1.05 bits per heavy atom. The number of hydrogen-bond acceptors (Lipinski definition) is 6. The van der Waals surface area contributed by atoms with Gasteiger partial charge < -0.3 is 25.2 Å². The molecule has 212 valence electrons. The third-order valence-corrected chi connectivity index (χ3v) is 6.18. The summed E-state index contributed by atoms with van der Waals surface area (Å²) < 4.78 is 49.2. The third-order valence-electron chi connectivity index (χ3n) is 6.18. The number of alkyl halides is 3. The number of aliphatic hydroxyl groups is 1. The average molecular weight is 567 g/mol. The number of aliphatic hydroxyl groups excluding tert-OH is 1. The fraction of sp³-hybridized carbons (Fsp3) is 0.167. The van der Waals surface area contributed by atoms with Gasteiger partial charge in [-0.15, -0.1) is 0 Å². The van der Waals surface area contributed by atoms with Crippen LogP contribution < -0.4 is 15.4 Å². The van der Waals surface area contributed by atoms with Crippen molar-refractivity contribution in [3.8, 4) is 5.75 Å². The number of nitrogens with one attached hydrogen (secondary N) is 2.